The van der Waals surface area contributed by atoms with Crippen molar-refractivity contribution in [2.75, 3.05) is 20.8 Å². The maximum atomic E-state index is 12.4. The Labute approximate surface area is 157 Å². The SMILES string of the molecule is COc1ccc(-n2cc(C(=O)NCC(C)c3ccccc3OC)nn2)cc1. The van der Waals surface area contributed by atoms with Crippen LogP contribution in [0.3, 0.4) is 0 Å². The van der Waals surface area contributed by atoms with E-state index >= 15 is 0 Å². The number of nitrogens with zero attached hydrogens (tertiary/aromatic N) is 3. The fraction of sp³-hybridized carbons (Fsp3) is 0.250. The lowest BCUT2D eigenvalue weighted by Gasteiger charge is -2.15. The van der Waals surface area contributed by atoms with E-state index in [0.717, 1.165) is 22.7 Å². The number of hydrogen-bond acceptors (Lipinski definition) is 5. The summed E-state index contributed by atoms with van der Waals surface area (Å²) in [6.07, 6.45) is 1.60. The third-order valence-corrected chi connectivity index (χ3v) is 4.30. The van der Waals surface area contributed by atoms with Crippen LogP contribution in [0.15, 0.2) is 54.7 Å². The number of para-hydroxylation sites is 1. The number of rotatable bonds is 7. The van der Waals surface area contributed by atoms with Crippen molar-refractivity contribution in [3.8, 4) is 17.2 Å². The van der Waals surface area contributed by atoms with Crippen LogP contribution >= 0.6 is 0 Å². The second-order valence-corrected chi connectivity index (χ2v) is 6.10. The van der Waals surface area contributed by atoms with Crippen molar-refractivity contribution in [3.63, 3.8) is 0 Å². The summed E-state index contributed by atoms with van der Waals surface area (Å²) in [4.78, 5) is 12.4. The van der Waals surface area contributed by atoms with Gasteiger partial charge in [0, 0.05) is 12.5 Å². The van der Waals surface area contributed by atoms with Gasteiger partial charge in [0.05, 0.1) is 26.1 Å². The van der Waals surface area contributed by atoms with Crippen LogP contribution < -0.4 is 14.8 Å². The quantitative estimate of drug-likeness (QED) is 0.696. The zero-order valence-corrected chi connectivity index (χ0v) is 15.5. The summed E-state index contributed by atoms with van der Waals surface area (Å²) in [5.74, 6) is 1.39. The molecule has 0 radical (unpaired) electrons. The van der Waals surface area contributed by atoms with Gasteiger partial charge in [0.25, 0.3) is 5.91 Å². The van der Waals surface area contributed by atoms with Gasteiger partial charge >= 0.3 is 0 Å². The number of nitrogens with one attached hydrogen (secondary N) is 1. The van der Waals surface area contributed by atoms with E-state index < -0.39 is 0 Å². The number of benzene rings is 2. The van der Waals surface area contributed by atoms with Crippen LogP contribution in [0.25, 0.3) is 5.69 Å². The van der Waals surface area contributed by atoms with E-state index in [1.165, 1.54) is 0 Å². The summed E-state index contributed by atoms with van der Waals surface area (Å²) in [7, 11) is 3.25. The predicted octanol–water partition coefficient (Wildman–Crippen LogP) is 2.82. The highest BCUT2D eigenvalue weighted by Crippen LogP contribution is 2.25. The number of aromatic nitrogens is 3. The lowest BCUT2D eigenvalue weighted by atomic mass is 10.00. The molecule has 0 aliphatic heterocycles. The van der Waals surface area contributed by atoms with Crippen molar-refractivity contribution < 1.29 is 14.3 Å². The normalized spacial score (nSPS) is 11.7. The van der Waals surface area contributed by atoms with Crippen LogP contribution in [0.4, 0.5) is 0 Å². The average molecular weight is 366 g/mol. The molecule has 1 heterocycles. The maximum absolute atomic E-state index is 12.4. The van der Waals surface area contributed by atoms with E-state index in [-0.39, 0.29) is 17.5 Å². The van der Waals surface area contributed by atoms with Gasteiger partial charge in [-0.1, -0.05) is 30.3 Å². The van der Waals surface area contributed by atoms with Gasteiger partial charge in [0.1, 0.15) is 11.5 Å². The number of amides is 1. The van der Waals surface area contributed by atoms with Crippen LogP contribution in [-0.2, 0) is 0 Å². The van der Waals surface area contributed by atoms with Gasteiger partial charge in [-0.05, 0) is 35.9 Å². The zero-order chi connectivity index (χ0) is 19.2. The van der Waals surface area contributed by atoms with Gasteiger partial charge in [-0.2, -0.15) is 0 Å². The minimum atomic E-state index is -0.267. The lowest BCUT2D eigenvalue weighted by Crippen LogP contribution is -2.28. The van der Waals surface area contributed by atoms with Gasteiger partial charge in [0.2, 0.25) is 0 Å². The van der Waals surface area contributed by atoms with E-state index in [1.54, 1.807) is 25.1 Å². The number of carbonyl (C=O) groups is 1. The highest BCUT2D eigenvalue weighted by molar-refractivity contribution is 5.91. The molecule has 2 aromatic carbocycles. The Bertz CT molecular complexity index is 906. The predicted molar refractivity (Wildman–Crippen MR) is 102 cm³/mol. The summed E-state index contributed by atoms with van der Waals surface area (Å²) in [5.41, 5.74) is 2.10. The summed E-state index contributed by atoms with van der Waals surface area (Å²) in [5, 5.41) is 10.9. The molecule has 1 amide bonds. The molecule has 3 aromatic rings. The Morgan fingerprint density at radius 3 is 2.56 bits per heavy atom. The molecule has 0 spiro atoms. The van der Waals surface area contributed by atoms with Crippen molar-refractivity contribution >= 4 is 5.91 Å². The highest BCUT2D eigenvalue weighted by atomic mass is 16.5. The van der Waals surface area contributed by atoms with Gasteiger partial charge in [-0.15, -0.1) is 5.10 Å². The Balaban J connectivity index is 1.64. The number of carbonyl (C=O) groups excluding carboxylic acids is 1. The molecular weight excluding hydrogens is 344 g/mol. The Morgan fingerprint density at radius 2 is 1.85 bits per heavy atom. The summed E-state index contributed by atoms with van der Waals surface area (Å²) in [6.45, 7) is 2.50. The van der Waals surface area contributed by atoms with E-state index in [4.69, 9.17) is 9.47 Å². The van der Waals surface area contributed by atoms with E-state index in [1.807, 2.05) is 55.5 Å². The molecule has 0 aliphatic rings. The van der Waals surface area contributed by atoms with Gasteiger partial charge in [-0.25, -0.2) is 4.68 Å². The molecule has 1 atom stereocenters. The van der Waals surface area contributed by atoms with Gasteiger partial charge in [0.15, 0.2) is 5.69 Å². The van der Waals surface area contributed by atoms with Crippen LogP contribution in [0.5, 0.6) is 11.5 Å². The Kier molecular flexibility index (Phi) is 5.71. The van der Waals surface area contributed by atoms with Crippen molar-refractivity contribution in [1.82, 2.24) is 20.3 Å². The zero-order valence-electron chi connectivity index (χ0n) is 15.5. The fourth-order valence-corrected chi connectivity index (χ4v) is 2.75. The molecule has 1 unspecified atom stereocenters. The molecule has 0 aliphatic carbocycles. The molecule has 0 bridgehead atoms. The first-order valence-corrected chi connectivity index (χ1v) is 8.60. The highest BCUT2D eigenvalue weighted by Gasteiger charge is 2.15. The van der Waals surface area contributed by atoms with Crippen molar-refractivity contribution in [1.29, 1.82) is 0 Å². The molecule has 0 saturated heterocycles. The Morgan fingerprint density at radius 1 is 1.11 bits per heavy atom. The van der Waals surface area contributed by atoms with Crippen molar-refractivity contribution in [3.05, 3.63) is 66.0 Å². The number of hydrogen-bond donors (Lipinski definition) is 1. The first-order valence-electron chi connectivity index (χ1n) is 8.60. The van der Waals surface area contributed by atoms with Crippen molar-refractivity contribution in [2.24, 2.45) is 0 Å². The largest absolute Gasteiger partial charge is 0.497 e. The van der Waals surface area contributed by atoms with Crippen LogP contribution in [-0.4, -0.2) is 41.7 Å². The first kappa shape index (κ1) is 18.4. The summed E-state index contributed by atoms with van der Waals surface area (Å²) >= 11 is 0. The molecule has 0 saturated carbocycles. The summed E-state index contributed by atoms with van der Waals surface area (Å²) in [6, 6.07) is 15.1. The topological polar surface area (TPSA) is 78.3 Å². The molecule has 1 aromatic heterocycles. The Hall–Kier alpha value is -3.35. The third kappa shape index (κ3) is 4.25. The monoisotopic (exact) mass is 366 g/mol. The first-order chi connectivity index (χ1) is 13.1. The molecule has 0 fully saturated rings. The molecule has 7 nitrogen and oxygen atoms in total. The van der Waals surface area contributed by atoms with Crippen LogP contribution in [0.1, 0.15) is 28.9 Å². The summed E-state index contributed by atoms with van der Waals surface area (Å²) < 4.78 is 12.1. The molecule has 27 heavy (non-hydrogen) atoms. The van der Waals surface area contributed by atoms with Gasteiger partial charge < -0.3 is 14.8 Å². The number of methoxy groups -OCH3 is 2. The van der Waals surface area contributed by atoms with Crippen molar-refractivity contribution in [2.45, 2.75) is 12.8 Å². The van der Waals surface area contributed by atoms with Gasteiger partial charge in [-0.3, -0.25) is 4.79 Å². The third-order valence-electron chi connectivity index (χ3n) is 4.30. The average Bonchev–Trinajstić information content (AvgIpc) is 3.22. The standard InChI is InChI=1S/C20H22N4O3/c1-14(17-6-4-5-7-19(17)27-3)12-21-20(25)18-13-24(23-22-18)15-8-10-16(26-2)11-9-15/h4-11,13-14H,12H2,1-3H3,(H,21,25). The van der Waals surface area contributed by atoms with E-state index in [9.17, 15) is 4.79 Å². The lowest BCUT2D eigenvalue weighted by molar-refractivity contribution is 0.0946. The fourth-order valence-electron chi connectivity index (χ4n) is 2.75. The molecule has 1 N–H and O–H groups in total. The maximum Gasteiger partial charge on any atom is 0.273 e. The molecule has 140 valence electrons. The van der Waals surface area contributed by atoms with Crippen LogP contribution in [0, 0.1) is 0 Å². The van der Waals surface area contributed by atoms with E-state index in [0.29, 0.717) is 6.54 Å². The number of ether oxygens (including phenoxy) is 2. The second-order valence-electron chi connectivity index (χ2n) is 6.10. The minimum absolute atomic E-state index is 0.0988. The smallest absolute Gasteiger partial charge is 0.273 e. The van der Waals surface area contributed by atoms with Crippen LogP contribution in [0.2, 0.25) is 0 Å². The molecule has 3 rings (SSSR count). The molecular formula is C20H22N4O3. The van der Waals surface area contributed by atoms with E-state index in [2.05, 4.69) is 15.6 Å². The molecule has 7 heteroatoms. The minimum Gasteiger partial charge on any atom is -0.497 e. The second kappa shape index (κ2) is 8.35.